The largest absolute Gasteiger partial charge is 0.245 e. The molecule has 0 aliphatic rings. The first-order valence-electron chi connectivity index (χ1n) is 3.97. The lowest BCUT2D eigenvalue weighted by Crippen LogP contribution is -1.86. The molecule has 12 heavy (non-hydrogen) atoms. The van der Waals surface area contributed by atoms with Crippen LogP contribution < -0.4 is 0 Å². The SMILES string of the molecule is C/C(F)=C/n1cc(C(C)C)cn1. The van der Waals surface area contributed by atoms with Crippen LogP contribution in [0.4, 0.5) is 4.39 Å². The van der Waals surface area contributed by atoms with Crippen molar-refractivity contribution in [3.63, 3.8) is 0 Å². The second kappa shape index (κ2) is 3.52. The molecule has 0 atom stereocenters. The van der Waals surface area contributed by atoms with Crippen LogP contribution in [0.15, 0.2) is 18.2 Å². The van der Waals surface area contributed by atoms with E-state index in [1.165, 1.54) is 17.8 Å². The molecule has 0 bridgehead atoms. The van der Waals surface area contributed by atoms with Gasteiger partial charge in [0.25, 0.3) is 0 Å². The molecule has 0 amide bonds. The van der Waals surface area contributed by atoms with E-state index in [-0.39, 0.29) is 5.83 Å². The number of aromatic nitrogens is 2. The molecule has 1 heterocycles. The molecule has 0 unspecified atom stereocenters. The van der Waals surface area contributed by atoms with Crippen LogP contribution in [0.5, 0.6) is 0 Å². The maximum atomic E-state index is 12.4. The van der Waals surface area contributed by atoms with Gasteiger partial charge in [0.05, 0.1) is 12.4 Å². The quantitative estimate of drug-likeness (QED) is 0.664. The summed E-state index contributed by atoms with van der Waals surface area (Å²) in [4.78, 5) is 0. The number of nitrogens with zero attached hydrogens (tertiary/aromatic N) is 2. The standard InChI is InChI=1S/C9H13FN2/c1-7(2)9-4-11-12(6-9)5-8(3)10/h4-7H,1-3H3/b8-5-. The second-order valence-corrected chi connectivity index (χ2v) is 3.12. The lowest BCUT2D eigenvalue weighted by atomic mass is 10.1. The Balaban J connectivity index is 2.85. The van der Waals surface area contributed by atoms with Gasteiger partial charge in [-0.15, -0.1) is 0 Å². The average molecular weight is 168 g/mol. The van der Waals surface area contributed by atoms with Crippen LogP contribution in [0.3, 0.4) is 0 Å². The van der Waals surface area contributed by atoms with E-state index in [9.17, 15) is 4.39 Å². The lowest BCUT2D eigenvalue weighted by molar-refractivity contribution is 0.639. The van der Waals surface area contributed by atoms with Crippen molar-refractivity contribution in [1.82, 2.24) is 9.78 Å². The molecular formula is C9H13FN2. The van der Waals surface area contributed by atoms with Gasteiger partial charge in [0.15, 0.2) is 0 Å². The Bertz CT molecular complexity index is 282. The molecular weight excluding hydrogens is 155 g/mol. The van der Waals surface area contributed by atoms with Crippen molar-refractivity contribution in [1.29, 1.82) is 0 Å². The Morgan fingerprint density at radius 2 is 2.33 bits per heavy atom. The van der Waals surface area contributed by atoms with E-state index in [1.54, 1.807) is 6.20 Å². The minimum Gasteiger partial charge on any atom is -0.245 e. The fraction of sp³-hybridized carbons (Fsp3) is 0.444. The molecule has 0 saturated heterocycles. The van der Waals surface area contributed by atoms with Crippen molar-refractivity contribution < 1.29 is 4.39 Å². The molecule has 0 N–H and O–H groups in total. The summed E-state index contributed by atoms with van der Waals surface area (Å²) >= 11 is 0. The van der Waals surface area contributed by atoms with Gasteiger partial charge >= 0.3 is 0 Å². The summed E-state index contributed by atoms with van der Waals surface area (Å²) in [5.41, 5.74) is 1.12. The van der Waals surface area contributed by atoms with E-state index in [2.05, 4.69) is 18.9 Å². The Hall–Kier alpha value is -1.12. The summed E-state index contributed by atoms with van der Waals surface area (Å²) in [6, 6.07) is 0. The second-order valence-electron chi connectivity index (χ2n) is 3.12. The molecule has 1 rings (SSSR count). The maximum absolute atomic E-state index is 12.4. The molecule has 1 aromatic rings. The summed E-state index contributed by atoms with van der Waals surface area (Å²) in [5, 5.41) is 3.98. The van der Waals surface area contributed by atoms with Gasteiger partial charge in [0.2, 0.25) is 0 Å². The number of hydrogen-bond acceptors (Lipinski definition) is 1. The topological polar surface area (TPSA) is 17.8 Å². The highest BCUT2D eigenvalue weighted by atomic mass is 19.1. The number of rotatable bonds is 2. The van der Waals surface area contributed by atoms with Gasteiger partial charge in [0.1, 0.15) is 5.83 Å². The van der Waals surface area contributed by atoms with E-state index < -0.39 is 0 Å². The Labute approximate surface area is 71.7 Å². The summed E-state index contributed by atoms with van der Waals surface area (Å²) in [6.45, 7) is 5.55. The van der Waals surface area contributed by atoms with Gasteiger partial charge in [-0.2, -0.15) is 5.10 Å². The third-order valence-corrected chi connectivity index (χ3v) is 1.60. The molecule has 0 aliphatic carbocycles. The molecule has 0 radical (unpaired) electrons. The molecule has 0 spiro atoms. The minimum absolute atomic E-state index is 0.242. The van der Waals surface area contributed by atoms with Crippen LogP contribution in [-0.2, 0) is 0 Å². The van der Waals surface area contributed by atoms with Crippen LogP contribution in [0.2, 0.25) is 0 Å². The van der Waals surface area contributed by atoms with E-state index in [1.807, 2.05) is 6.20 Å². The van der Waals surface area contributed by atoms with E-state index >= 15 is 0 Å². The Morgan fingerprint density at radius 1 is 1.67 bits per heavy atom. The van der Waals surface area contributed by atoms with Crippen molar-refractivity contribution in [2.75, 3.05) is 0 Å². The van der Waals surface area contributed by atoms with Gasteiger partial charge in [-0.3, -0.25) is 0 Å². The molecule has 66 valence electrons. The highest BCUT2D eigenvalue weighted by Crippen LogP contribution is 2.12. The van der Waals surface area contributed by atoms with E-state index in [0.29, 0.717) is 5.92 Å². The predicted molar refractivity (Wildman–Crippen MR) is 47.4 cm³/mol. The van der Waals surface area contributed by atoms with E-state index in [0.717, 1.165) is 5.56 Å². The fourth-order valence-electron chi connectivity index (χ4n) is 0.904. The van der Waals surface area contributed by atoms with Gasteiger partial charge in [0, 0.05) is 6.20 Å². The third kappa shape index (κ3) is 2.19. The zero-order chi connectivity index (χ0) is 9.14. The monoisotopic (exact) mass is 168 g/mol. The molecule has 0 saturated carbocycles. The van der Waals surface area contributed by atoms with Gasteiger partial charge in [-0.25, -0.2) is 9.07 Å². The Morgan fingerprint density at radius 3 is 2.75 bits per heavy atom. The van der Waals surface area contributed by atoms with Crippen molar-refractivity contribution in [3.05, 3.63) is 23.8 Å². The zero-order valence-electron chi connectivity index (χ0n) is 7.58. The first kappa shape index (κ1) is 8.97. The van der Waals surface area contributed by atoms with E-state index in [4.69, 9.17) is 0 Å². The molecule has 0 fully saturated rings. The fourth-order valence-corrected chi connectivity index (χ4v) is 0.904. The zero-order valence-corrected chi connectivity index (χ0v) is 7.58. The normalized spacial score (nSPS) is 12.6. The van der Waals surface area contributed by atoms with Crippen molar-refractivity contribution in [2.45, 2.75) is 26.7 Å². The van der Waals surface area contributed by atoms with Crippen LogP contribution in [0, 0.1) is 0 Å². The summed E-state index contributed by atoms with van der Waals surface area (Å²) < 4.78 is 13.9. The van der Waals surface area contributed by atoms with Crippen LogP contribution in [0.1, 0.15) is 32.3 Å². The maximum Gasteiger partial charge on any atom is 0.115 e. The number of allylic oxidation sites excluding steroid dienone is 1. The van der Waals surface area contributed by atoms with Crippen LogP contribution >= 0.6 is 0 Å². The molecule has 3 heteroatoms. The Kier molecular flexibility index (Phi) is 2.63. The predicted octanol–water partition coefficient (Wildman–Crippen LogP) is 2.79. The van der Waals surface area contributed by atoms with Gasteiger partial charge in [-0.1, -0.05) is 13.8 Å². The highest BCUT2D eigenvalue weighted by Gasteiger charge is 2.00. The summed E-state index contributed by atoms with van der Waals surface area (Å²) in [5.74, 6) is 0.195. The summed E-state index contributed by atoms with van der Waals surface area (Å²) in [6.07, 6.45) is 4.93. The lowest BCUT2D eigenvalue weighted by Gasteiger charge is -1.96. The van der Waals surface area contributed by atoms with Crippen LogP contribution in [-0.4, -0.2) is 9.78 Å². The first-order valence-corrected chi connectivity index (χ1v) is 3.97. The summed E-state index contributed by atoms with van der Waals surface area (Å²) in [7, 11) is 0. The molecule has 0 aliphatic heterocycles. The van der Waals surface area contributed by atoms with Crippen molar-refractivity contribution >= 4 is 6.20 Å². The highest BCUT2D eigenvalue weighted by molar-refractivity contribution is 5.25. The number of hydrogen-bond donors (Lipinski definition) is 0. The van der Waals surface area contributed by atoms with Crippen molar-refractivity contribution in [2.24, 2.45) is 0 Å². The smallest absolute Gasteiger partial charge is 0.115 e. The molecule has 0 aromatic carbocycles. The number of halogens is 1. The minimum atomic E-state index is -0.242. The average Bonchev–Trinajstić information content (AvgIpc) is 2.34. The molecule has 1 aromatic heterocycles. The van der Waals surface area contributed by atoms with Gasteiger partial charge in [-0.05, 0) is 18.4 Å². The van der Waals surface area contributed by atoms with Crippen LogP contribution in [0.25, 0.3) is 6.20 Å². The molecule has 2 nitrogen and oxygen atoms in total. The van der Waals surface area contributed by atoms with Crippen molar-refractivity contribution in [3.8, 4) is 0 Å². The van der Waals surface area contributed by atoms with Gasteiger partial charge < -0.3 is 0 Å². The first-order chi connectivity index (χ1) is 5.59. The third-order valence-electron chi connectivity index (χ3n) is 1.60.